The molecule has 1 amide bonds. The Balaban J connectivity index is 0.00000242. The SMILES string of the molecule is CN=C(NCc1ccc(C(N)=O)o1)N1CCC(COC)C1.I. The molecule has 3 N–H and O–H groups in total. The van der Waals surface area contributed by atoms with Crippen LogP contribution < -0.4 is 11.1 Å². The molecule has 0 saturated carbocycles. The highest BCUT2D eigenvalue weighted by atomic mass is 127. The van der Waals surface area contributed by atoms with Gasteiger partial charge in [0.1, 0.15) is 5.76 Å². The van der Waals surface area contributed by atoms with E-state index in [2.05, 4.69) is 15.2 Å². The predicted octanol–water partition coefficient (Wildman–Crippen LogP) is 1.04. The van der Waals surface area contributed by atoms with E-state index in [1.807, 2.05) is 0 Å². The first-order valence-corrected chi connectivity index (χ1v) is 6.97. The number of aliphatic imine (C=N–C) groups is 1. The number of nitrogens with zero attached hydrogens (tertiary/aromatic N) is 2. The second-order valence-electron chi connectivity index (χ2n) is 5.09. The molecule has 0 aliphatic carbocycles. The summed E-state index contributed by atoms with van der Waals surface area (Å²) >= 11 is 0. The first-order valence-electron chi connectivity index (χ1n) is 6.97. The zero-order chi connectivity index (χ0) is 15.2. The van der Waals surface area contributed by atoms with Crippen LogP contribution in [0.25, 0.3) is 0 Å². The number of halogens is 1. The number of nitrogens with two attached hydrogens (primary N) is 1. The van der Waals surface area contributed by atoms with Gasteiger partial charge in [-0.05, 0) is 18.6 Å². The van der Waals surface area contributed by atoms with Crippen molar-refractivity contribution in [1.29, 1.82) is 0 Å². The number of primary amides is 1. The molecule has 1 aliphatic rings. The monoisotopic (exact) mass is 422 g/mol. The van der Waals surface area contributed by atoms with Crippen molar-refractivity contribution in [2.45, 2.75) is 13.0 Å². The minimum Gasteiger partial charge on any atom is -0.454 e. The third kappa shape index (κ3) is 4.87. The maximum absolute atomic E-state index is 11.0. The first-order chi connectivity index (χ1) is 10.1. The van der Waals surface area contributed by atoms with Crippen LogP contribution >= 0.6 is 24.0 Å². The third-order valence-electron chi connectivity index (χ3n) is 3.52. The molecule has 124 valence electrons. The highest BCUT2D eigenvalue weighted by molar-refractivity contribution is 14.0. The van der Waals surface area contributed by atoms with Crippen LogP contribution in [-0.2, 0) is 11.3 Å². The number of carbonyl (C=O) groups is 1. The van der Waals surface area contributed by atoms with Crippen LogP contribution in [0, 0.1) is 5.92 Å². The third-order valence-corrected chi connectivity index (χ3v) is 3.52. The van der Waals surface area contributed by atoms with Crippen molar-refractivity contribution in [3.63, 3.8) is 0 Å². The molecular formula is C14H23IN4O3. The van der Waals surface area contributed by atoms with Crippen molar-refractivity contribution in [3.05, 3.63) is 23.7 Å². The van der Waals surface area contributed by atoms with Crippen molar-refractivity contribution < 1.29 is 13.9 Å². The summed E-state index contributed by atoms with van der Waals surface area (Å²) in [5, 5.41) is 3.23. The molecule has 1 atom stereocenters. The van der Waals surface area contributed by atoms with E-state index in [4.69, 9.17) is 14.9 Å². The average Bonchev–Trinajstić information content (AvgIpc) is 3.09. The van der Waals surface area contributed by atoms with E-state index in [0.717, 1.165) is 32.1 Å². The highest BCUT2D eigenvalue weighted by Gasteiger charge is 2.24. The lowest BCUT2D eigenvalue weighted by atomic mass is 10.1. The summed E-state index contributed by atoms with van der Waals surface area (Å²) < 4.78 is 10.5. The van der Waals surface area contributed by atoms with Gasteiger partial charge in [-0.1, -0.05) is 0 Å². The van der Waals surface area contributed by atoms with E-state index in [1.54, 1.807) is 26.3 Å². The molecule has 0 aromatic carbocycles. The smallest absolute Gasteiger partial charge is 0.284 e. The van der Waals surface area contributed by atoms with Gasteiger partial charge in [0.15, 0.2) is 11.7 Å². The van der Waals surface area contributed by atoms with Crippen LogP contribution in [0.5, 0.6) is 0 Å². The molecule has 0 bridgehead atoms. The number of rotatable bonds is 5. The zero-order valence-corrected chi connectivity index (χ0v) is 15.2. The Morgan fingerprint density at radius 3 is 2.95 bits per heavy atom. The second-order valence-corrected chi connectivity index (χ2v) is 5.09. The molecule has 1 aliphatic heterocycles. The van der Waals surface area contributed by atoms with Crippen LogP contribution in [0.3, 0.4) is 0 Å². The van der Waals surface area contributed by atoms with Crippen molar-refractivity contribution >= 4 is 35.8 Å². The summed E-state index contributed by atoms with van der Waals surface area (Å²) in [4.78, 5) is 17.5. The van der Waals surface area contributed by atoms with Crippen molar-refractivity contribution in [3.8, 4) is 0 Å². The van der Waals surface area contributed by atoms with Gasteiger partial charge < -0.3 is 25.1 Å². The fourth-order valence-corrected chi connectivity index (χ4v) is 2.50. The molecule has 7 nitrogen and oxygen atoms in total. The van der Waals surface area contributed by atoms with Gasteiger partial charge in [-0.2, -0.15) is 0 Å². The topological polar surface area (TPSA) is 93.1 Å². The summed E-state index contributed by atoms with van der Waals surface area (Å²) in [5.41, 5.74) is 5.16. The first kappa shape index (κ1) is 18.8. The largest absolute Gasteiger partial charge is 0.454 e. The van der Waals surface area contributed by atoms with Crippen molar-refractivity contribution in [2.75, 3.05) is 33.9 Å². The Kier molecular flexibility index (Phi) is 7.66. The molecule has 1 unspecified atom stereocenters. The van der Waals surface area contributed by atoms with Crippen LogP contribution in [0.1, 0.15) is 22.7 Å². The fraction of sp³-hybridized carbons (Fsp3) is 0.571. The minimum absolute atomic E-state index is 0. The van der Waals surface area contributed by atoms with E-state index in [9.17, 15) is 4.79 Å². The Morgan fingerprint density at radius 2 is 2.36 bits per heavy atom. The predicted molar refractivity (Wildman–Crippen MR) is 94.4 cm³/mol. The zero-order valence-electron chi connectivity index (χ0n) is 12.9. The normalized spacial score (nSPS) is 18.2. The lowest BCUT2D eigenvalue weighted by Crippen LogP contribution is -2.39. The van der Waals surface area contributed by atoms with Crippen molar-refractivity contribution in [1.82, 2.24) is 10.2 Å². The number of ether oxygens (including phenoxy) is 1. The second kappa shape index (κ2) is 8.99. The highest BCUT2D eigenvalue weighted by Crippen LogP contribution is 2.16. The number of carbonyl (C=O) groups excluding carboxylic acids is 1. The standard InChI is InChI=1S/C14H22N4O3.HI/c1-16-14(18-6-5-10(8-18)9-20-2)17-7-11-3-4-12(21-11)13(15)19;/h3-4,10H,5-9H2,1-2H3,(H2,15,19)(H,16,17);1H. The molecular weight excluding hydrogens is 399 g/mol. The number of nitrogens with one attached hydrogen (secondary N) is 1. The number of likely N-dealkylation sites (tertiary alicyclic amines) is 1. The molecule has 1 aromatic rings. The van der Waals surface area contributed by atoms with E-state index >= 15 is 0 Å². The van der Waals surface area contributed by atoms with E-state index < -0.39 is 5.91 Å². The number of amides is 1. The number of methoxy groups -OCH3 is 1. The number of furan rings is 1. The molecule has 1 aromatic heterocycles. The van der Waals surface area contributed by atoms with Gasteiger partial charge in [-0.15, -0.1) is 24.0 Å². The molecule has 2 rings (SSSR count). The summed E-state index contributed by atoms with van der Waals surface area (Å²) in [6, 6.07) is 3.31. The average molecular weight is 422 g/mol. The fourth-order valence-electron chi connectivity index (χ4n) is 2.50. The molecule has 2 heterocycles. The Labute approximate surface area is 147 Å². The van der Waals surface area contributed by atoms with Crippen LogP contribution in [0.15, 0.2) is 21.5 Å². The number of hydrogen-bond donors (Lipinski definition) is 2. The molecule has 1 saturated heterocycles. The lowest BCUT2D eigenvalue weighted by molar-refractivity contribution is 0.0972. The van der Waals surface area contributed by atoms with E-state index in [0.29, 0.717) is 18.2 Å². The summed E-state index contributed by atoms with van der Waals surface area (Å²) in [7, 11) is 3.48. The Bertz CT molecular complexity index is 518. The minimum atomic E-state index is -0.562. The lowest BCUT2D eigenvalue weighted by Gasteiger charge is -2.21. The van der Waals surface area contributed by atoms with E-state index in [-0.39, 0.29) is 29.7 Å². The van der Waals surface area contributed by atoms with Crippen molar-refractivity contribution in [2.24, 2.45) is 16.6 Å². The Hall–Kier alpha value is -1.29. The quantitative estimate of drug-likeness (QED) is 0.420. The van der Waals surface area contributed by atoms with Crippen LogP contribution in [-0.4, -0.2) is 50.6 Å². The van der Waals surface area contributed by atoms with Crippen LogP contribution in [0.4, 0.5) is 0 Å². The van der Waals surface area contributed by atoms with Gasteiger partial charge in [-0.25, -0.2) is 0 Å². The maximum Gasteiger partial charge on any atom is 0.284 e. The molecule has 22 heavy (non-hydrogen) atoms. The van der Waals surface area contributed by atoms with Gasteiger partial charge >= 0.3 is 0 Å². The summed E-state index contributed by atoms with van der Waals surface area (Å²) in [6.45, 7) is 3.12. The number of guanidine groups is 1. The van der Waals surface area contributed by atoms with Gasteiger partial charge in [0.25, 0.3) is 5.91 Å². The summed E-state index contributed by atoms with van der Waals surface area (Å²) in [6.07, 6.45) is 1.10. The molecule has 8 heteroatoms. The molecule has 1 fully saturated rings. The van der Waals surface area contributed by atoms with Gasteiger partial charge in [0, 0.05) is 33.2 Å². The van der Waals surface area contributed by atoms with Gasteiger partial charge in [-0.3, -0.25) is 9.79 Å². The molecule has 0 spiro atoms. The Morgan fingerprint density at radius 1 is 1.59 bits per heavy atom. The number of hydrogen-bond acceptors (Lipinski definition) is 4. The molecule has 0 radical (unpaired) electrons. The summed E-state index contributed by atoms with van der Waals surface area (Å²) in [5.74, 6) is 1.62. The van der Waals surface area contributed by atoms with E-state index in [1.165, 1.54) is 0 Å². The maximum atomic E-state index is 11.0. The van der Waals surface area contributed by atoms with Gasteiger partial charge in [0.05, 0.1) is 13.2 Å². The van der Waals surface area contributed by atoms with Gasteiger partial charge in [0.2, 0.25) is 0 Å². The van der Waals surface area contributed by atoms with Crippen LogP contribution in [0.2, 0.25) is 0 Å².